The van der Waals surface area contributed by atoms with Gasteiger partial charge in [-0.15, -0.1) is 0 Å². The minimum Gasteiger partial charge on any atom is -0.166 e. The Hall–Kier alpha value is -1.25. The van der Waals surface area contributed by atoms with Crippen LogP contribution in [0.2, 0.25) is 0 Å². The van der Waals surface area contributed by atoms with Gasteiger partial charge in [-0.1, -0.05) is 50.5 Å². The molecule has 0 unspecified atom stereocenters. The van der Waals surface area contributed by atoms with Crippen LogP contribution in [-0.4, -0.2) is 0 Å². The first kappa shape index (κ1) is 14.8. The van der Waals surface area contributed by atoms with Gasteiger partial charge in [0.15, 0.2) is 0 Å². The molecule has 0 saturated heterocycles. The highest BCUT2D eigenvalue weighted by atomic mass is 19.4. The normalized spacial score (nSPS) is 12.2. The Kier molecular flexibility index (Phi) is 5.96. The van der Waals surface area contributed by atoms with E-state index in [1.807, 2.05) is 6.08 Å². The molecule has 1 aromatic rings. The summed E-state index contributed by atoms with van der Waals surface area (Å²) >= 11 is 0. The summed E-state index contributed by atoms with van der Waals surface area (Å²) in [5, 5.41) is 0. The van der Waals surface area contributed by atoms with Gasteiger partial charge < -0.3 is 0 Å². The van der Waals surface area contributed by atoms with Gasteiger partial charge >= 0.3 is 6.18 Å². The highest BCUT2D eigenvalue weighted by Crippen LogP contribution is 2.29. The maximum atomic E-state index is 12.5. The molecule has 1 rings (SSSR count). The lowest BCUT2D eigenvalue weighted by molar-refractivity contribution is -0.137. The van der Waals surface area contributed by atoms with Crippen molar-refractivity contribution in [3.63, 3.8) is 0 Å². The van der Waals surface area contributed by atoms with E-state index < -0.39 is 11.7 Å². The molecular formula is C15H19F3. The first-order valence-corrected chi connectivity index (χ1v) is 6.38. The Morgan fingerprint density at radius 1 is 1.11 bits per heavy atom. The number of hydrogen-bond donors (Lipinski definition) is 0. The van der Waals surface area contributed by atoms with E-state index >= 15 is 0 Å². The highest BCUT2D eigenvalue weighted by Gasteiger charge is 2.30. The number of hydrogen-bond acceptors (Lipinski definition) is 0. The molecule has 0 aromatic heterocycles. The summed E-state index contributed by atoms with van der Waals surface area (Å²) in [6.07, 6.45) is 5.08. The summed E-state index contributed by atoms with van der Waals surface area (Å²) < 4.78 is 37.4. The van der Waals surface area contributed by atoms with E-state index in [9.17, 15) is 13.2 Å². The molecule has 0 saturated carbocycles. The molecule has 0 aliphatic carbocycles. The Labute approximate surface area is 107 Å². The second-order valence-electron chi connectivity index (χ2n) is 4.37. The first-order valence-electron chi connectivity index (χ1n) is 6.38. The van der Waals surface area contributed by atoms with Gasteiger partial charge in [0, 0.05) is 0 Å². The van der Waals surface area contributed by atoms with Gasteiger partial charge in [-0.25, -0.2) is 0 Å². The minimum atomic E-state index is -4.26. The smallest absolute Gasteiger partial charge is 0.166 e. The van der Waals surface area contributed by atoms with Gasteiger partial charge in [0.05, 0.1) is 5.56 Å². The van der Waals surface area contributed by atoms with Gasteiger partial charge in [-0.05, 0) is 30.5 Å². The van der Waals surface area contributed by atoms with E-state index in [0.717, 1.165) is 18.9 Å². The molecule has 0 heterocycles. The predicted octanol–water partition coefficient (Wildman–Crippen LogP) is 5.69. The van der Waals surface area contributed by atoms with Crippen molar-refractivity contribution in [2.45, 2.75) is 45.2 Å². The van der Waals surface area contributed by atoms with E-state index in [4.69, 9.17) is 0 Å². The van der Waals surface area contributed by atoms with Gasteiger partial charge in [-0.2, -0.15) is 13.2 Å². The van der Waals surface area contributed by atoms with Crippen molar-refractivity contribution in [1.29, 1.82) is 0 Å². The number of alkyl halides is 3. The van der Waals surface area contributed by atoms with Crippen LogP contribution in [0.3, 0.4) is 0 Å². The Morgan fingerprint density at radius 3 is 2.56 bits per heavy atom. The number of unbranched alkanes of at least 4 members (excludes halogenated alkanes) is 4. The van der Waals surface area contributed by atoms with Gasteiger partial charge in [-0.3, -0.25) is 0 Å². The fourth-order valence-corrected chi connectivity index (χ4v) is 1.73. The molecule has 3 heteroatoms. The third-order valence-corrected chi connectivity index (χ3v) is 2.75. The summed E-state index contributed by atoms with van der Waals surface area (Å²) in [6.45, 7) is 2.15. The molecular weight excluding hydrogens is 237 g/mol. The van der Waals surface area contributed by atoms with Crippen LogP contribution in [-0.2, 0) is 6.18 Å². The summed E-state index contributed by atoms with van der Waals surface area (Å²) in [5.41, 5.74) is 0.0240. The molecule has 0 fully saturated rings. The Balaban J connectivity index is 2.49. The molecule has 100 valence electrons. The van der Waals surface area contributed by atoms with E-state index in [2.05, 4.69) is 6.92 Å². The third-order valence-electron chi connectivity index (χ3n) is 2.75. The maximum absolute atomic E-state index is 12.5. The van der Waals surface area contributed by atoms with Gasteiger partial charge in [0.25, 0.3) is 0 Å². The summed E-state index contributed by atoms with van der Waals surface area (Å²) in [4.78, 5) is 0. The Morgan fingerprint density at radius 2 is 1.89 bits per heavy atom. The molecule has 1 aromatic carbocycles. The predicted molar refractivity (Wildman–Crippen MR) is 69.2 cm³/mol. The van der Waals surface area contributed by atoms with E-state index in [-0.39, 0.29) is 0 Å². The zero-order valence-corrected chi connectivity index (χ0v) is 10.6. The lowest BCUT2D eigenvalue weighted by Crippen LogP contribution is -2.04. The fraction of sp³-hybridized carbons (Fsp3) is 0.467. The summed E-state index contributed by atoms with van der Waals surface area (Å²) in [6, 6.07) is 5.42. The molecule has 0 N–H and O–H groups in total. The summed E-state index contributed by atoms with van der Waals surface area (Å²) in [7, 11) is 0. The average molecular weight is 256 g/mol. The molecule has 0 aliphatic heterocycles. The van der Waals surface area contributed by atoms with Crippen molar-refractivity contribution in [2.24, 2.45) is 0 Å². The summed E-state index contributed by atoms with van der Waals surface area (Å²) in [5.74, 6) is 0. The van der Waals surface area contributed by atoms with Crippen LogP contribution < -0.4 is 0 Å². The molecule has 0 spiro atoms. The number of benzene rings is 1. The second kappa shape index (κ2) is 7.24. The quantitative estimate of drug-likeness (QED) is 0.573. The molecule has 0 atom stereocenters. The molecule has 0 aliphatic rings. The standard InChI is InChI=1S/C15H19F3/c1-2-3-4-5-6-7-9-13-10-8-11-14(12-13)15(16,17)18/h7-12H,2-6H2,1H3/b9-7+. The van der Waals surface area contributed by atoms with Gasteiger partial charge in [0.1, 0.15) is 0 Å². The second-order valence-corrected chi connectivity index (χ2v) is 4.37. The Bertz CT molecular complexity index is 378. The first-order chi connectivity index (χ1) is 8.54. The van der Waals surface area contributed by atoms with Crippen LogP contribution in [0.1, 0.15) is 50.2 Å². The zero-order chi connectivity index (χ0) is 13.4. The lowest BCUT2D eigenvalue weighted by Gasteiger charge is -2.06. The van der Waals surface area contributed by atoms with Crippen molar-refractivity contribution in [3.05, 3.63) is 41.5 Å². The van der Waals surface area contributed by atoms with Crippen LogP contribution in [0.25, 0.3) is 6.08 Å². The fourth-order valence-electron chi connectivity index (χ4n) is 1.73. The number of halogens is 3. The van der Waals surface area contributed by atoms with Crippen molar-refractivity contribution in [2.75, 3.05) is 0 Å². The van der Waals surface area contributed by atoms with E-state index in [1.54, 1.807) is 12.1 Å². The van der Waals surface area contributed by atoms with Crippen LogP contribution in [0.4, 0.5) is 13.2 Å². The van der Waals surface area contributed by atoms with Crippen LogP contribution in [0.5, 0.6) is 0 Å². The highest BCUT2D eigenvalue weighted by molar-refractivity contribution is 5.50. The molecule has 0 radical (unpaired) electrons. The maximum Gasteiger partial charge on any atom is 0.416 e. The zero-order valence-electron chi connectivity index (χ0n) is 10.6. The topological polar surface area (TPSA) is 0 Å². The molecule has 0 amide bonds. The average Bonchev–Trinajstić information content (AvgIpc) is 2.33. The van der Waals surface area contributed by atoms with Crippen molar-refractivity contribution >= 4 is 6.08 Å². The SMILES string of the molecule is CCCCCC/C=C/c1cccc(C(F)(F)F)c1. The molecule has 0 nitrogen and oxygen atoms in total. The number of rotatable bonds is 6. The van der Waals surface area contributed by atoms with Gasteiger partial charge in [0.2, 0.25) is 0 Å². The molecule has 0 bridgehead atoms. The van der Waals surface area contributed by atoms with Crippen molar-refractivity contribution in [1.82, 2.24) is 0 Å². The van der Waals surface area contributed by atoms with Crippen molar-refractivity contribution in [3.8, 4) is 0 Å². The van der Waals surface area contributed by atoms with Crippen LogP contribution in [0, 0.1) is 0 Å². The van der Waals surface area contributed by atoms with Crippen LogP contribution >= 0.6 is 0 Å². The third kappa shape index (κ3) is 5.39. The van der Waals surface area contributed by atoms with E-state index in [0.29, 0.717) is 5.56 Å². The van der Waals surface area contributed by atoms with Crippen LogP contribution in [0.15, 0.2) is 30.3 Å². The van der Waals surface area contributed by atoms with E-state index in [1.165, 1.54) is 31.4 Å². The monoisotopic (exact) mass is 256 g/mol. The van der Waals surface area contributed by atoms with Crippen molar-refractivity contribution < 1.29 is 13.2 Å². The molecule has 18 heavy (non-hydrogen) atoms. The lowest BCUT2D eigenvalue weighted by atomic mass is 10.1. The number of allylic oxidation sites excluding steroid dienone is 1. The minimum absolute atomic E-state index is 0.587. The largest absolute Gasteiger partial charge is 0.416 e.